The zero-order chi connectivity index (χ0) is 20.8. The number of aliphatic imine (C=N–C) groups is 1. The van der Waals surface area contributed by atoms with Crippen LogP contribution in [0.2, 0.25) is 0 Å². The van der Waals surface area contributed by atoms with Gasteiger partial charge in [0.25, 0.3) is 0 Å². The minimum Gasteiger partial charge on any atom is -0.467 e. The van der Waals surface area contributed by atoms with E-state index in [-0.39, 0.29) is 0 Å². The Labute approximate surface area is 175 Å². The molecule has 0 saturated carbocycles. The fourth-order valence-corrected chi connectivity index (χ4v) is 2.90. The zero-order valence-corrected chi connectivity index (χ0v) is 17.7. The smallest absolute Gasteiger partial charge is 0.229 e. The van der Waals surface area contributed by atoms with Crippen molar-refractivity contribution in [2.45, 2.75) is 34.2 Å². The van der Waals surface area contributed by atoms with Gasteiger partial charge >= 0.3 is 0 Å². The summed E-state index contributed by atoms with van der Waals surface area (Å²) in [5.74, 6) is 1.61. The van der Waals surface area contributed by atoms with Crippen molar-refractivity contribution in [3.05, 3.63) is 70.9 Å². The van der Waals surface area contributed by atoms with E-state index in [1.54, 1.807) is 6.26 Å². The lowest BCUT2D eigenvalue weighted by Crippen LogP contribution is -2.39. The molecule has 3 rings (SSSR count). The van der Waals surface area contributed by atoms with Gasteiger partial charge < -0.3 is 15.1 Å². The predicted molar refractivity (Wildman–Crippen MR) is 120 cm³/mol. The van der Waals surface area contributed by atoms with Crippen LogP contribution in [0, 0.1) is 27.7 Å². The average molecular weight is 409 g/mol. The predicted octanol–water partition coefficient (Wildman–Crippen LogP) is 4.26. The molecule has 3 N–H and O–H groups in total. The van der Waals surface area contributed by atoms with Crippen LogP contribution in [0.4, 0.5) is 11.6 Å². The van der Waals surface area contributed by atoms with E-state index in [9.17, 15) is 0 Å². The monoisotopic (exact) mass is 408 g/mol. The van der Waals surface area contributed by atoms with Crippen LogP contribution in [0.5, 0.6) is 0 Å². The lowest BCUT2D eigenvalue weighted by molar-refractivity contribution is 0.512. The van der Waals surface area contributed by atoms with Gasteiger partial charge in [0, 0.05) is 17.1 Å². The van der Waals surface area contributed by atoms with Crippen molar-refractivity contribution in [3.63, 3.8) is 0 Å². The van der Waals surface area contributed by atoms with E-state index in [4.69, 9.17) is 16.6 Å². The van der Waals surface area contributed by atoms with Gasteiger partial charge in [0.2, 0.25) is 11.9 Å². The van der Waals surface area contributed by atoms with Crippen molar-refractivity contribution in [1.29, 1.82) is 0 Å². The van der Waals surface area contributed by atoms with Crippen molar-refractivity contribution in [1.82, 2.24) is 15.3 Å². The third-order valence-corrected chi connectivity index (χ3v) is 4.26. The first-order chi connectivity index (χ1) is 13.9. The molecule has 0 spiro atoms. The summed E-state index contributed by atoms with van der Waals surface area (Å²) in [6.45, 7) is 8.24. The number of guanidine groups is 1. The molecule has 0 fully saturated rings. The largest absolute Gasteiger partial charge is 0.467 e. The summed E-state index contributed by atoms with van der Waals surface area (Å²) < 4.78 is 5.36. The standard InChI is InChI=1S/C21H24N6OS/c1-13-7-8-14(2)18(10-13)25-21(29)27-19(22-12-17-6-5-9-28-17)26-20-23-15(3)11-16(4)24-20/h5-11H,12H2,1-4H3,(H3,22,23,24,25,26,27,29). The summed E-state index contributed by atoms with van der Waals surface area (Å²) in [4.78, 5) is 13.3. The molecular formula is C21H24N6OS. The average Bonchev–Trinajstić information content (AvgIpc) is 3.15. The van der Waals surface area contributed by atoms with Gasteiger partial charge in [-0.25, -0.2) is 15.0 Å². The second-order valence-corrected chi connectivity index (χ2v) is 7.15. The van der Waals surface area contributed by atoms with Crippen LogP contribution < -0.4 is 16.0 Å². The Kier molecular flexibility index (Phi) is 6.56. The topological polar surface area (TPSA) is 87.4 Å². The van der Waals surface area contributed by atoms with Crippen molar-refractivity contribution in [3.8, 4) is 0 Å². The molecule has 0 amide bonds. The third-order valence-electron chi connectivity index (χ3n) is 4.06. The highest BCUT2D eigenvalue weighted by atomic mass is 32.1. The van der Waals surface area contributed by atoms with Crippen LogP contribution in [0.3, 0.4) is 0 Å². The molecule has 7 nitrogen and oxygen atoms in total. The number of benzene rings is 1. The first kappa shape index (κ1) is 20.5. The van der Waals surface area contributed by atoms with Crippen LogP contribution in [-0.4, -0.2) is 21.0 Å². The molecular weight excluding hydrogens is 384 g/mol. The minimum atomic E-state index is 0.346. The molecule has 8 heteroatoms. The molecule has 0 aliphatic carbocycles. The van der Waals surface area contributed by atoms with Crippen molar-refractivity contribution in [2.24, 2.45) is 4.99 Å². The van der Waals surface area contributed by atoms with Crippen molar-refractivity contribution in [2.75, 3.05) is 10.6 Å². The molecule has 0 aliphatic heterocycles. The zero-order valence-electron chi connectivity index (χ0n) is 16.9. The van der Waals surface area contributed by atoms with E-state index in [1.807, 2.05) is 58.0 Å². The summed E-state index contributed by atoms with van der Waals surface area (Å²) >= 11 is 5.49. The number of thiocarbonyl (C=S) groups is 1. The second kappa shape index (κ2) is 9.29. The number of nitrogens with one attached hydrogen (secondary N) is 3. The van der Waals surface area contributed by atoms with Crippen LogP contribution in [-0.2, 0) is 6.54 Å². The fourth-order valence-electron chi connectivity index (χ4n) is 2.69. The minimum absolute atomic E-state index is 0.346. The molecule has 1 aromatic carbocycles. The van der Waals surface area contributed by atoms with E-state index < -0.39 is 0 Å². The number of nitrogens with zero attached hydrogens (tertiary/aromatic N) is 3. The van der Waals surface area contributed by atoms with Gasteiger partial charge in [-0.05, 0) is 75.3 Å². The van der Waals surface area contributed by atoms with E-state index in [1.165, 1.54) is 0 Å². The molecule has 0 radical (unpaired) electrons. The summed E-state index contributed by atoms with van der Waals surface area (Å²) in [5, 5.41) is 9.84. The molecule has 0 aliphatic rings. The van der Waals surface area contributed by atoms with Gasteiger partial charge in [-0.3, -0.25) is 5.32 Å². The highest BCUT2D eigenvalue weighted by Gasteiger charge is 2.09. The van der Waals surface area contributed by atoms with E-state index >= 15 is 0 Å². The Morgan fingerprint density at radius 1 is 1.03 bits per heavy atom. The van der Waals surface area contributed by atoms with Crippen LogP contribution in [0.1, 0.15) is 28.3 Å². The summed E-state index contributed by atoms with van der Waals surface area (Å²) in [7, 11) is 0. The number of hydrogen-bond donors (Lipinski definition) is 3. The summed E-state index contributed by atoms with van der Waals surface area (Å²) in [6, 6.07) is 11.8. The normalized spacial score (nSPS) is 11.2. The van der Waals surface area contributed by atoms with E-state index in [0.29, 0.717) is 23.6 Å². The number of hydrogen-bond acceptors (Lipinski definition) is 5. The van der Waals surface area contributed by atoms with Gasteiger partial charge in [-0.1, -0.05) is 12.1 Å². The summed E-state index contributed by atoms with van der Waals surface area (Å²) in [5.41, 5.74) is 4.91. The van der Waals surface area contributed by atoms with E-state index in [0.717, 1.165) is 34.0 Å². The van der Waals surface area contributed by atoms with Crippen molar-refractivity contribution < 1.29 is 4.42 Å². The first-order valence-electron chi connectivity index (χ1n) is 9.20. The number of aryl methyl sites for hydroxylation is 4. The number of aromatic nitrogens is 2. The van der Waals surface area contributed by atoms with Gasteiger partial charge in [0.15, 0.2) is 5.11 Å². The van der Waals surface area contributed by atoms with E-state index in [2.05, 4.69) is 37.0 Å². The van der Waals surface area contributed by atoms with Crippen LogP contribution >= 0.6 is 12.2 Å². The van der Waals surface area contributed by atoms with Crippen LogP contribution in [0.25, 0.3) is 0 Å². The van der Waals surface area contributed by atoms with Gasteiger partial charge in [-0.15, -0.1) is 0 Å². The quantitative estimate of drug-likeness (QED) is 0.338. The number of anilines is 2. The maximum absolute atomic E-state index is 5.49. The Balaban J connectivity index is 1.77. The number of rotatable bonds is 4. The Bertz CT molecular complexity index is 1010. The highest BCUT2D eigenvalue weighted by molar-refractivity contribution is 7.80. The van der Waals surface area contributed by atoms with Gasteiger partial charge in [0.1, 0.15) is 12.3 Å². The lowest BCUT2D eigenvalue weighted by atomic mass is 10.1. The Hall–Kier alpha value is -3.26. The molecule has 150 valence electrons. The van der Waals surface area contributed by atoms with Gasteiger partial charge in [-0.2, -0.15) is 0 Å². The Morgan fingerprint density at radius 2 is 1.79 bits per heavy atom. The van der Waals surface area contributed by atoms with Crippen LogP contribution in [0.15, 0.2) is 52.1 Å². The molecule has 2 aromatic heterocycles. The molecule has 0 saturated heterocycles. The van der Waals surface area contributed by atoms with Gasteiger partial charge in [0.05, 0.1) is 6.26 Å². The van der Waals surface area contributed by atoms with Crippen molar-refractivity contribution >= 4 is 34.9 Å². The molecule has 2 heterocycles. The molecule has 3 aromatic rings. The molecule has 0 bridgehead atoms. The second-order valence-electron chi connectivity index (χ2n) is 6.74. The Morgan fingerprint density at radius 3 is 2.48 bits per heavy atom. The molecule has 0 unspecified atom stereocenters. The molecule has 0 atom stereocenters. The maximum Gasteiger partial charge on any atom is 0.229 e. The third kappa shape index (κ3) is 6.11. The lowest BCUT2D eigenvalue weighted by Gasteiger charge is -2.15. The fraction of sp³-hybridized carbons (Fsp3) is 0.238. The maximum atomic E-state index is 5.49. The summed E-state index contributed by atoms with van der Waals surface area (Å²) in [6.07, 6.45) is 1.62. The highest BCUT2D eigenvalue weighted by Crippen LogP contribution is 2.16. The number of furan rings is 1. The SMILES string of the molecule is Cc1ccc(C)c(NC(=S)NC(=NCc2ccco2)Nc2nc(C)cc(C)n2)c1. The first-order valence-corrected chi connectivity index (χ1v) is 9.61. The molecule has 29 heavy (non-hydrogen) atoms.